The van der Waals surface area contributed by atoms with Gasteiger partial charge in [0.15, 0.2) is 6.61 Å². The summed E-state index contributed by atoms with van der Waals surface area (Å²) in [7, 11) is 1.58. The first-order valence-electron chi connectivity index (χ1n) is 10.1. The van der Waals surface area contributed by atoms with Crippen molar-refractivity contribution in [2.75, 3.05) is 25.2 Å². The second-order valence-electron chi connectivity index (χ2n) is 7.17. The Morgan fingerprint density at radius 1 is 0.935 bits per heavy atom. The van der Waals surface area contributed by atoms with Gasteiger partial charge in [0.1, 0.15) is 5.75 Å². The molecule has 5 heteroatoms. The van der Waals surface area contributed by atoms with Crippen molar-refractivity contribution in [3.63, 3.8) is 0 Å². The number of fused-ring (bicyclic) bond motifs is 1. The molecular formula is C26H23NO4. The SMILES string of the molecule is COc1ccccc1/C=C(/C(=O)OCC(=O)N1CCc2ccccc21)c1ccccc1. The van der Waals surface area contributed by atoms with Crippen LogP contribution in [0, 0.1) is 0 Å². The first-order chi connectivity index (χ1) is 15.2. The molecule has 0 saturated heterocycles. The number of anilines is 1. The predicted molar refractivity (Wildman–Crippen MR) is 121 cm³/mol. The lowest BCUT2D eigenvalue weighted by Gasteiger charge is -2.17. The average molecular weight is 413 g/mol. The van der Waals surface area contributed by atoms with Gasteiger partial charge in [0, 0.05) is 17.8 Å². The molecule has 31 heavy (non-hydrogen) atoms. The number of carbonyl (C=O) groups is 2. The third-order valence-electron chi connectivity index (χ3n) is 5.26. The maximum Gasteiger partial charge on any atom is 0.339 e. The lowest BCUT2D eigenvalue weighted by molar-refractivity contribution is -0.141. The second-order valence-corrected chi connectivity index (χ2v) is 7.17. The minimum absolute atomic E-state index is 0.233. The van der Waals surface area contributed by atoms with Crippen molar-refractivity contribution in [3.05, 3.63) is 95.6 Å². The quantitative estimate of drug-likeness (QED) is 0.342. The zero-order valence-corrected chi connectivity index (χ0v) is 17.3. The number of hydrogen-bond acceptors (Lipinski definition) is 4. The lowest BCUT2D eigenvalue weighted by atomic mass is 10.0. The fourth-order valence-electron chi connectivity index (χ4n) is 3.70. The van der Waals surface area contributed by atoms with Gasteiger partial charge in [-0.05, 0) is 35.8 Å². The average Bonchev–Trinajstić information content (AvgIpc) is 3.26. The number of carbonyl (C=O) groups excluding carboxylic acids is 2. The van der Waals surface area contributed by atoms with Crippen molar-refractivity contribution in [2.45, 2.75) is 6.42 Å². The molecule has 1 aliphatic rings. The maximum absolute atomic E-state index is 13.0. The van der Waals surface area contributed by atoms with E-state index in [0.29, 0.717) is 23.4 Å². The highest BCUT2D eigenvalue weighted by atomic mass is 16.5. The van der Waals surface area contributed by atoms with Crippen LogP contribution in [-0.4, -0.2) is 32.1 Å². The normalized spacial score (nSPS) is 12.9. The molecule has 0 aromatic heterocycles. The summed E-state index contributed by atoms with van der Waals surface area (Å²) in [4.78, 5) is 27.4. The fourth-order valence-corrected chi connectivity index (χ4v) is 3.70. The van der Waals surface area contributed by atoms with E-state index in [9.17, 15) is 9.59 Å². The molecule has 5 nitrogen and oxygen atoms in total. The number of nitrogens with zero attached hydrogens (tertiary/aromatic N) is 1. The van der Waals surface area contributed by atoms with Crippen molar-refractivity contribution in [3.8, 4) is 5.75 Å². The van der Waals surface area contributed by atoms with Crippen LogP contribution in [0.5, 0.6) is 5.75 Å². The fraction of sp³-hybridized carbons (Fsp3) is 0.154. The Hall–Kier alpha value is -3.86. The van der Waals surface area contributed by atoms with Gasteiger partial charge >= 0.3 is 5.97 Å². The summed E-state index contributed by atoms with van der Waals surface area (Å²) in [6, 6.07) is 24.5. The summed E-state index contributed by atoms with van der Waals surface area (Å²) >= 11 is 0. The van der Waals surface area contributed by atoms with Gasteiger partial charge in [0.05, 0.1) is 12.7 Å². The molecule has 0 unspecified atom stereocenters. The number of para-hydroxylation sites is 2. The van der Waals surface area contributed by atoms with E-state index in [1.807, 2.05) is 78.9 Å². The third-order valence-corrected chi connectivity index (χ3v) is 5.26. The standard InChI is InChI=1S/C26H23NO4/c1-30-24-14-8-6-12-21(24)17-22(19-9-3-2-4-10-19)26(29)31-18-25(28)27-16-15-20-11-5-7-13-23(20)27/h2-14,17H,15-16,18H2,1H3/b22-17+. The van der Waals surface area contributed by atoms with Crippen LogP contribution >= 0.6 is 0 Å². The zero-order valence-electron chi connectivity index (χ0n) is 17.3. The van der Waals surface area contributed by atoms with Crippen molar-refractivity contribution in [1.29, 1.82) is 0 Å². The minimum Gasteiger partial charge on any atom is -0.496 e. The van der Waals surface area contributed by atoms with Gasteiger partial charge < -0.3 is 14.4 Å². The molecule has 1 amide bonds. The van der Waals surface area contributed by atoms with Crippen LogP contribution < -0.4 is 9.64 Å². The van der Waals surface area contributed by atoms with Crippen LogP contribution in [-0.2, 0) is 20.7 Å². The number of esters is 1. The summed E-state index contributed by atoms with van der Waals surface area (Å²) in [6.45, 7) is 0.279. The number of ether oxygens (including phenoxy) is 2. The van der Waals surface area contributed by atoms with Crippen molar-refractivity contribution in [1.82, 2.24) is 0 Å². The molecule has 0 aliphatic carbocycles. The Kier molecular flexibility index (Phi) is 6.13. The highest BCUT2D eigenvalue weighted by Gasteiger charge is 2.25. The molecule has 0 spiro atoms. The van der Waals surface area contributed by atoms with Crippen LogP contribution in [0.3, 0.4) is 0 Å². The Bertz CT molecular complexity index is 1120. The first kappa shape index (κ1) is 20.4. The largest absolute Gasteiger partial charge is 0.496 e. The number of benzene rings is 3. The van der Waals surface area contributed by atoms with E-state index in [2.05, 4.69) is 0 Å². The topological polar surface area (TPSA) is 55.8 Å². The first-order valence-corrected chi connectivity index (χ1v) is 10.1. The Morgan fingerprint density at radius 3 is 2.45 bits per heavy atom. The van der Waals surface area contributed by atoms with Crippen LogP contribution in [0.1, 0.15) is 16.7 Å². The molecule has 0 saturated carbocycles. The van der Waals surface area contributed by atoms with Crippen molar-refractivity contribution >= 4 is 29.2 Å². The molecule has 4 rings (SSSR count). The summed E-state index contributed by atoms with van der Waals surface area (Å²) in [6.07, 6.45) is 2.53. The van der Waals surface area contributed by atoms with E-state index < -0.39 is 5.97 Å². The van der Waals surface area contributed by atoms with Crippen LogP contribution in [0.25, 0.3) is 11.6 Å². The molecule has 0 bridgehead atoms. The van der Waals surface area contributed by atoms with Crippen LogP contribution in [0.15, 0.2) is 78.9 Å². The van der Waals surface area contributed by atoms with E-state index in [-0.39, 0.29) is 12.5 Å². The lowest BCUT2D eigenvalue weighted by Crippen LogP contribution is -2.33. The molecule has 1 aliphatic heterocycles. The summed E-state index contributed by atoms with van der Waals surface area (Å²) in [5, 5.41) is 0. The van der Waals surface area contributed by atoms with Gasteiger partial charge in [-0.2, -0.15) is 0 Å². The van der Waals surface area contributed by atoms with Gasteiger partial charge in [0.25, 0.3) is 5.91 Å². The number of amides is 1. The summed E-state index contributed by atoms with van der Waals surface area (Å²) in [5.41, 5.74) is 3.83. The van der Waals surface area contributed by atoms with Crippen molar-refractivity contribution in [2.24, 2.45) is 0 Å². The van der Waals surface area contributed by atoms with E-state index in [4.69, 9.17) is 9.47 Å². The second kappa shape index (κ2) is 9.30. The summed E-state index contributed by atoms with van der Waals surface area (Å²) in [5.74, 6) is -0.144. The smallest absolute Gasteiger partial charge is 0.339 e. The Morgan fingerprint density at radius 2 is 1.65 bits per heavy atom. The highest BCUT2D eigenvalue weighted by Crippen LogP contribution is 2.28. The van der Waals surface area contributed by atoms with Gasteiger partial charge in [-0.1, -0.05) is 66.7 Å². The van der Waals surface area contributed by atoms with Gasteiger partial charge in [-0.15, -0.1) is 0 Å². The molecule has 156 valence electrons. The molecule has 0 N–H and O–H groups in total. The van der Waals surface area contributed by atoms with Gasteiger partial charge in [-0.25, -0.2) is 4.79 Å². The van der Waals surface area contributed by atoms with Crippen molar-refractivity contribution < 1.29 is 19.1 Å². The van der Waals surface area contributed by atoms with Crippen LogP contribution in [0.2, 0.25) is 0 Å². The number of methoxy groups -OCH3 is 1. The monoisotopic (exact) mass is 413 g/mol. The molecule has 3 aromatic rings. The Labute approximate surface area is 181 Å². The van der Waals surface area contributed by atoms with Gasteiger partial charge in [-0.3, -0.25) is 4.79 Å². The molecule has 3 aromatic carbocycles. The van der Waals surface area contributed by atoms with Crippen LogP contribution in [0.4, 0.5) is 5.69 Å². The molecule has 0 fully saturated rings. The molecule has 0 atom stereocenters. The van der Waals surface area contributed by atoms with E-state index >= 15 is 0 Å². The molecule has 0 radical (unpaired) electrons. The Balaban J connectivity index is 1.55. The van der Waals surface area contributed by atoms with E-state index in [1.165, 1.54) is 0 Å². The number of rotatable bonds is 6. The molecular weight excluding hydrogens is 390 g/mol. The zero-order chi connectivity index (χ0) is 21.6. The number of hydrogen-bond donors (Lipinski definition) is 0. The predicted octanol–water partition coefficient (Wildman–Crippen LogP) is 4.37. The van der Waals surface area contributed by atoms with E-state index in [0.717, 1.165) is 23.2 Å². The summed E-state index contributed by atoms with van der Waals surface area (Å²) < 4.78 is 10.9. The third kappa shape index (κ3) is 4.51. The minimum atomic E-state index is -0.557. The maximum atomic E-state index is 13.0. The van der Waals surface area contributed by atoms with Gasteiger partial charge in [0.2, 0.25) is 0 Å². The van der Waals surface area contributed by atoms with E-state index in [1.54, 1.807) is 18.1 Å². The highest BCUT2D eigenvalue weighted by molar-refractivity contribution is 6.22. The molecule has 1 heterocycles.